The Morgan fingerprint density at radius 3 is 2.68 bits per heavy atom. The van der Waals surface area contributed by atoms with Gasteiger partial charge >= 0.3 is 5.97 Å². The van der Waals surface area contributed by atoms with E-state index in [4.69, 9.17) is 4.74 Å². The highest BCUT2D eigenvalue weighted by molar-refractivity contribution is 5.91. The molecule has 0 bridgehead atoms. The zero-order valence-corrected chi connectivity index (χ0v) is 11.7. The number of esters is 1. The molecule has 0 aromatic carbocycles. The monoisotopic (exact) mass is 266 g/mol. The average Bonchev–Trinajstić information content (AvgIpc) is 2.67. The first-order chi connectivity index (χ1) is 8.78. The van der Waals surface area contributed by atoms with Crippen LogP contribution in [0, 0.1) is 22.7 Å². The predicted molar refractivity (Wildman–Crippen MR) is 69.2 cm³/mol. The second-order valence-electron chi connectivity index (χ2n) is 7.12. The van der Waals surface area contributed by atoms with Crippen LogP contribution in [0.5, 0.6) is 0 Å². The van der Waals surface area contributed by atoms with Crippen LogP contribution >= 0.6 is 0 Å². The van der Waals surface area contributed by atoms with Crippen molar-refractivity contribution in [2.24, 2.45) is 22.7 Å². The van der Waals surface area contributed by atoms with E-state index in [1.807, 2.05) is 13.8 Å². The number of aliphatic hydroxyl groups excluding tert-OH is 2. The molecule has 4 heteroatoms. The van der Waals surface area contributed by atoms with Crippen LogP contribution in [0.15, 0.2) is 11.6 Å². The molecular weight excluding hydrogens is 244 g/mol. The molecule has 1 saturated carbocycles. The maximum atomic E-state index is 11.7. The van der Waals surface area contributed by atoms with Gasteiger partial charge in [0.1, 0.15) is 0 Å². The third kappa shape index (κ3) is 1.56. The number of rotatable bonds is 0. The van der Waals surface area contributed by atoms with Crippen LogP contribution in [0.2, 0.25) is 0 Å². The Balaban J connectivity index is 2.10. The summed E-state index contributed by atoms with van der Waals surface area (Å²) >= 11 is 0. The second-order valence-corrected chi connectivity index (χ2v) is 7.12. The molecule has 1 saturated heterocycles. The number of fused-ring (bicyclic) bond motifs is 3. The van der Waals surface area contributed by atoms with E-state index >= 15 is 0 Å². The lowest BCUT2D eigenvalue weighted by Crippen LogP contribution is -2.58. The molecule has 2 fully saturated rings. The van der Waals surface area contributed by atoms with Crippen molar-refractivity contribution in [3.05, 3.63) is 11.6 Å². The molecular formula is C15H22O4. The van der Waals surface area contributed by atoms with E-state index in [-0.39, 0.29) is 28.6 Å². The molecule has 0 aromatic heterocycles. The molecule has 5 unspecified atom stereocenters. The topological polar surface area (TPSA) is 66.8 Å². The van der Waals surface area contributed by atoms with Gasteiger partial charge in [0.15, 0.2) is 0 Å². The first-order valence-electron chi connectivity index (χ1n) is 7.03. The van der Waals surface area contributed by atoms with Gasteiger partial charge in [-0.3, -0.25) is 0 Å². The maximum absolute atomic E-state index is 11.7. The third-order valence-electron chi connectivity index (χ3n) is 5.81. The molecule has 3 aliphatic rings. The third-order valence-corrected chi connectivity index (χ3v) is 5.81. The lowest BCUT2D eigenvalue weighted by atomic mass is 9.47. The van der Waals surface area contributed by atoms with Gasteiger partial charge in [0, 0.05) is 17.4 Å². The van der Waals surface area contributed by atoms with Gasteiger partial charge < -0.3 is 14.9 Å². The normalized spacial score (nSPS) is 48.1. The van der Waals surface area contributed by atoms with Crippen LogP contribution in [0.1, 0.15) is 33.6 Å². The summed E-state index contributed by atoms with van der Waals surface area (Å²) in [5, 5.41) is 20.8. The van der Waals surface area contributed by atoms with E-state index < -0.39 is 12.2 Å². The van der Waals surface area contributed by atoms with E-state index in [0.717, 1.165) is 6.42 Å². The van der Waals surface area contributed by atoms with Gasteiger partial charge in [-0.2, -0.15) is 0 Å². The summed E-state index contributed by atoms with van der Waals surface area (Å²) in [6.45, 7) is 6.57. The van der Waals surface area contributed by atoms with Crippen LogP contribution < -0.4 is 0 Å². The molecule has 19 heavy (non-hydrogen) atoms. The van der Waals surface area contributed by atoms with Crippen molar-refractivity contribution in [2.75, 3.05) is 6.61 Å². The summed E-state index contributed by atoms with van der Waals surface area (Å²) in [7, 11) is 0. The number of hydrogen-bond acceptors (Lipinski definition) is 4. The number of cyclic esters (lactones) is 1. The molecule has 4 nitrogen and oxygen atoms in total. The standard InChI is InChI=1S/C15H22O4/c1-14(2)11(17)4-5-15(3)9-7-19-13(18)8(9)6-10(16)12(14)15/h6,9-12,16-17H,4-5,7H2,1-3H3. The second kappa shape index (κ2) is 3.83. The minimum Gasteiger partial charge on any atom is -0.462 e. The summed E-state index contributed by atoms with van der Waals surface area (Å²) < 4.78 is 5.18. The van der Waals surface area contributed by atoms with Crippen molar-refractivity contribution in [3.63, 3.8) is 0 Å². The molecule has 3 rings (SSSR count). The summed E-state index contributed by atoms with van der Waals surface area (Å²) in [4.78, 5) is 11.7. The molecule has 0 spiro atoms. The van der Waals surface area contributed by atoms with Crippen molar-refractivity contribution in [1.29, 1.82) is 0 Å². The van der Waals surface area contributed by atoms with Crippen LogP contribution in [0.25, 0.3) is 0 Å². The van der Waals surface area contributed by atoms with E-state index in [0.29, 0.717) is 18.6 Å². The number of aliphatic hydroxyl groups is 2. The number of ether oxygens (including phenoxy) is 1. The lowest BCUT2D eigenvalue weighted by Gasteiger charge is -2.58. The number of hydrogen-bond donors (Lipinski definition) is 2. The summed E-state index contributed by atoms with van der Waals surface area (Å²) in [6, 6.07) is 0. The predicted octanol–water partition coefficient (Wildman–Crippen LogP) is 1.26. The smallest absolute Gasteiger partial charge is 0.334 e. The van der Waals surface area contributed by atoms with Gasteiger partial charge in [0.25, 0.3) is 0 Å². The Hall–Kier alpha value is -0.870. The van der Waals surface area contributed by atoms with Crippen molar-refractivity contribution >= 4 is 5.97 Å². The molecule has 0 amide bonds. The Morgan fingerprint density at radius 1 is 1.32 bits per heavy atom. The molecule has 2 N–H and O–H groups in total. The van der Waals surface area contributed by atoms with Crippen LogP contribution in [-0.2, 0) is 9.53 Å². The van der Waals surface area contributed by atoms with E-state index in [1.165, 1.54) is 0 Å². The fourth-order valence-corrected chi connectivity index (χ4v) is 4.74. The van der Waals surface area contributed by atoms with Crippen molar-refractivity contribution in [3.8, 4) is 0 Å². The first kappa shape index (κ1) is 13.1. The maximum Gasteiger partial charge on any atom is 0.334 e. The summed E-state index contributed by atoms with van der Waals surface area (Å²) in [6.07, 6.45) is 2.09. The Bertz CT molecular complexity index is 453. The quantitative estimate of drug-likeness (QED) is 0.648. The Labute approximate surface area is 113 Å². The highest BCUT2D eigenvalue weighted by atomic mass is 16.5. The minimum absolute atomic E-state index is 0.0491. The van der Waals surface area contributed by atoms with Crippen molar-refractivity contribution in [1.82, 2.24) is 0 Å². The van der Waals surface area contributed by atoms with Crippen molar-refractivity contribution < 1.29 is 19.7 Å². The molecule has 2 aliphatic carbocycles. The van der Waals surface area contributed by atoms with Gasteiger partial charge in [-0.15, -0.1) is 0 Å². The first-order valence-corrected chi connectivity index (χ1v) is 7.03. The molecule has 1 aliphatic heterocycles. The number of carbonyl (C=O) groups is 1. The van der Waals surface area contributed by atoms with E-state index in [1.54, 1.807) is 6.08 Å². The SMILES string of the molecule is CC1(C)C(O)CCC2(C)C3COC(=O)C3=CC(O)C12. The van der Waals surface area contributed by atoms with Crippen molar-refractivity contribution in [2.45, 2.75) is 45.8 Å². The Morgan fingerprint density at radius 2 is 2.00 bits per heavy atom. The van der Waals surface area contributed by atoms with Crippen LogP contribution in [0.4, 0.5) is 0 Å². The molecule has 0 radical (unpaired) electrons. The summed E-state index contributed by atoms with van der Waals surface area (Å²) in [5.74, 6) is -0.278. The fraction of sp³-hybridized carbons (Fsp3) is 0.800. The van der Waals surface area contributed by atoms with Gasteiger partial charge in [-0.25, -0.2) is 4.79 Å². The van der Waals surface area contributed by atoms with Gasteiger partial charge in [-0.05, 0) is 29.7 Å². The highest BCUT2D eigenvalue weighted by Gasteiger charge is 2.61. The van der Waals surface area contributed by atoms with Gasteiger partial charge in [0.2, 0.25) is 0 Å². The largest absolute Gasteiger partial charge is 0.462 e. The Kier molecular flexibility index (Phi) is 2.64. The summed E-state index contributed by atoms with van der Waals surface area (Å²) in [5.41, 5.74) is 0.0943. The molecule has 106 valence electrons. The van der Waals surface area contributed by atoms with Gasteiger partial charge in [0.05, 0.1) is 18.8 Å². The highest BCUT2D eigenvalue weighted by Crippen LogP contribution is 2.60. The molecule has 1 heterocycles. The fourth-order valence-electron chi connectivity index (χ4n) is 4.74. The average molecular weight is 266 g/mol. The van der Waals surface area contributed by atoms with Gasteiger partial charge in [-0.1, -0.05) is 20.8 Å². The number of carbonyl (C=O) groups excluding carboxylic acids is 1. The lowest BCUT2D eigenvalue weighted by molar-refractivity contribution is -0.150. The van der Waals surface area contributed by atoms with Crippen LogP contribution in [0.3, 0.4) is 0 Å². The zero-order valence-electron chi connectivity index (χ0n) is 11.7. The molecule has 0 aromatic rings. The van der Waals surface area contributed by atoms with E-state index in [2.05, 4.69) is 6.92 Å². The van der Waals surface area contributed by atoms with Crippen LogP contribution in [-0.4, -0.2) is 35.0 Å². The molecule has 5 atom stereocenters. The minimum atomic E-state index is -0.688. The zero-order chi connectivity index (χ0) is 14.0. The van der Waals surface area contributed by atoms with E-state index in [9.17, 15) is 15.0 Å².